The molecule has 2 amide bonds. The van der Waals surface area contributed by atoms with E-state index in [0.717, 1.165) is 12.2 Å². The molecule has 3 aromatic rings. The number of thiocarbonyl (C=S) groups is 1. The fraction of sp³-hybridized carbons (Fsp3) is 0.269. The maximum Gasteiger partial charge on any atom is 0.256 e. The second-order valence-electron chi connectivity index (χ2n) is 8.13. The number of thiophene rings is 1. The maximum atomic E-state index is 13.5. The predicted molar refractivity (Wildman–Crippen MR) is 146 cm³/mol. The van der Waals surface area contributed by atoms with Gasteiger partial charge in [0.25, 0.3) is 5.91 Å². The van der Waals surface area contributed by atoms with Crippen LogP contribution >= 0.6 is 35.2 Å². The molecule has 35 heavy (non-hydrogen) atoms. The largest absolute Gasteiger partial charge is 0.494 e. The zero-order chi connectivity index (χ0) is 24.9. The van der Waals surface area contributed by atoms with E-state index in [0.29, 0.717) is 34.7 Å². The van der Waals surface area contributed by atoms with E-state index in [1.54, 1.807) is 59.9 Å². The Bertz CT molecular complexity index is 1230. The quantitative estimate of drug-likeness (QED) is 0.363. The molecule has 1 aromatic heterocycles. The van der Waals surface area contributed by atoms with Gasteiger partial charge in [-0.25, -0.2) is 0 Å². The molecule has 0 spiro atoms. The number of nitrogens with zero attached hydrogens (tertiary/aromatic N) is 2. The van der Waals surface area contributed by atoms with Gasteiger partial charge in [0.05, 0.1) is 18.7 Å². The molecule has 9 heteroatoms. The molecule has 2 aromatic carbocycles. The van der Waals surface area contributed by atoms with Gasteiger partial charge in [0.15, 0.2) is 5.11 Å². The third-order valence-electron chi connectivity index (χ3n) is 5.76. The summed E-state index contributed by atoms with van der Waals surface area (Å²) in [5.74, 6) is 0.233. The zero-order valence-corrected chi connectivity index (χ0v) is 21.9. The summed E-state index contributed by atoms with van der Waals surface area (Å²) in [5.41, 5.74) is 2.45. The summed E-state index contributed by atoms with van der Waals surface area (Å²) in [5, 5.41) is 5.83. The lowest BCUT2D eigenvalue weighted by Crippen LogP contribution is -2.39. The fourth-order valence-corrected chi connectivity index (χ4v) is 5.51. The second-order valence-corrected chi connectivity index (χ2v) is 9.93. The second kappa shape index (κ2) is 11.2. The third-order valence-corrected chi connectivity index (χ3v) is 7.50. The van der Waals surface area contributed by atoms with Crippen molar-refractivity contribution in [2.75, 3.05) is 23.4 Å². The van der Waals surface area contributed by atoms with E-state index in [-0.39, 0.29) is 18.2 Å². The minimum Gasteiger partial charge on any atom is -0.494 e. The van der Waals surface area contributed by atoms with Gasteiger partial charge in [-0.15, -0.1) is 11.3 Å². The van der Waals surface area contributed by atoms with E-state index in [9.17, 15) is 9.59 Å². The van der Waals surface area contributed by atoms with E-state index in [2.05, 4.69) is 23.7 Å². The van der Waals surface area contributed by atoms with Gasteiger partial charge in [-0.2, -0.15) is 0 Å². The summed E-state index contributed by atoms with van der Waals surface area (Å²) in [6.07, 6.45) is 0.712. The van der Waals surface area contributed by atoms with Crippen LogP contribution in [0.5, 0.6) is 5.75 Å². The molecular weight excluding hydrogens is 502 g/mol. The van der Waals surface area contributed by atoms with Crippen LogP contribution < -0.4 is 15.0 Å². The summed E-state index contributed by atoms with van der Waals surface area (Å²) in [7, 11) is 0. The number of benzene rings is 2. The number of ether oxygens (including phenoxy) is 1. The van der Waals surface area contributed by atoms with E-state index in [1.165, 1.54) is 15.3 Å². The van der Waals surface area contributed by atoms with Crippen LogP contribution in [-0.4, -0.2) is 41.0 Å². The molecule has 1 aliphatic heterocycles. The number of anilines is 2. The van der Waals surface area contributed by atoms with Crippen molar-refractivity contribution in [1.82, 2.24) is 4.90 Å². The van der Waals surface area contributed by atoms with Gasteiger partial charge in [-0.3, -0.25) is 14.5 Å². The highest BCUT2D eigenvalue weighted by atomic mass is 35.5. The smallest absolute Gasteiger partial charge is 0.256 e. The summed E-state index contributed by atoms with van der Waals surface area (Å²) < 4.78 is 5.45. The lowest BCUT2D eigenvalue weighted by Gasteiger charge is -2.24. The number of hydrogen-bond acceptors (Lipinski definition) is 5. The standard InChI is InChI=1S/C26H26ClN3O3S2/c1-3-33-21-9-7-19(8-10-21)28-24(31)16-22-25(32)30(20-6-4-5-18(27)15-20)26(34)29(22)13-11-23-17(2)12-14-35-23/h4-10,12,14-15,22H,3,11,13,16H2,1-2H3,(H,28,31)/t22-/m0/s1. The SMILES string of the molecule is CCOc1ccc(NC(=O)C[C@H]2C(=O)N(c3cccc(Cl)c3)C(=S)N2CCc2sccc2C)cc1. The van der Waals surface area contributed by atoms with Crippen molar-refractivity contribution in [3.63, 3.8) is 0 Å². The van der Waals surface area contributed by atoms with Gasteiger partial charge < -0.3 is 15.0 Å². The Morgan fingerprint density at radius 1 is 1.20 bits per heavy atom. The molecule has 0 bridgehead atoms. The van der Waals surface area contributed by atoms with Crippen molar-refractivity contribution in [2.24, 2.45) is 0 Å². The van der Waals surface area contributed by atoms with Crippen molar-refractivity contribution in [3.8, 4) is 5.75 Å². The van der Waals surface area contributed by atoms with Crippen LogP contribution in [0.15, 0.2) is 60.0 Å². The maximum absolute atomic E-state index is 13.5. The first-order valence-corrected chi connectivity index (χ1v) is 13.0. The van der Waals surface area contributed by atoms with Crippen LogP contribution in [-0.2, 0) is 16.0 Å². The number of hydrogen-bond donors (Lipinski definition) is 1. The first-order valence-electron chi connectivity index (χ1n) is 11.3. The molecule has 6 nitrogen and oxygen atoms in total. The average molecular weight is 528 g/mol. The monoisotopic (exact) mass is 527 g/mol. The van der Waals surface area contributed by atoms with Crippen molar-refractivity contribution >= 4 is 63.5 Å². The molecule has 4 rings (SSSR count). The van der Waals surface area contributed by atoms with Crippen molar-refractivity contribution in [3.05, 3.63) is 75.4 Å². The van der Waals surface area contributed by atoms with Gasteiger partial charge in [0, 0.05) is 22.1 Å². The fourth-order valence-electron chi connectivity index (χ4n) is 4.01. The number of halogens is 1. The van der Waals surface area contributed by atoms with Crippen LogP contribution in [0.2, 0.25) is 5.02 Å². The van der Waals surface area contributed by atoms with E-state index >= 15 is 0 Å². The Kier molecular flexibility index (Phi) is 8.05. The molecule has 0 aliphatic carbocycles. The first kappa shape index (κ1) is 25.2. The summed E-state index contributed by atoms with van der Waals surface area (Å²) in [4.78, 5) is 31.1. The van der Waals surface area contributed by atoms with Crippen LogP contribution in [0, 0.1) is 6.92 Å². The van der Waals surface area contributed by atoms with E-state index in [1.807, 2.05) is 11.8 Å². The number of carbonyl (C=O) groups excluding carboxylic acids is 2. The molecular formula is C26H26ClN3O3S2. The van der Waals surface area contributed by atoms with Crippen molar-refractivity contribution < 1.29 is 14.3 Å². The number of rotatable bonds is 9. The molecule has 0 unspecified atom stereocenters. The number of carbonyl (C=O) groups is 2. The van der Waals surface area contributed by atoms with Crippen molar-refractivity contribution in [1.29, 1.82) is 0 Å². The Morgan fingerprint density at radius 3 is 2.63 bits per heavy atom. The number of nitrogens with one attached hydrogen (secondary N) is 1. The van der Waals surface area contributed by atoms with E-state index < -0.39 is 6.04 Å². The van der Waals surface area contributed by atoms with Crippen LogP contribution in [0.3, 0.4) is 0 Å². The number of aryl methyl sites for hydroxylation is 1. The topological polar surface area (TPSA) is 61.9 Å². The highest BCUT2D eigenvalue weighted by Crippen LogP contribution is 2.30. The van der Waals surface area contributed by atoms with Crippen LogP contribution in [0.4, 0.5) is 11.4 Å². The van der Waals surface area contributed by atoms with E-state index in [4.69, 9.17) is 28.6 Å². The molecule has 2 heterocycles. The molecule has 1 atom stereocenters. The minimum atomic E-state index is -0.704. The first-order chi connectivity index (χ1) is 16.9. The minimum absolute atomic E-state index is 0.0212. The lowest BCUT2D eigenvalue weighted by molar-refractivity contribution is -0.124. The summed E-state index contributed by atoms with van der Waals surface area (Å²) in [6, 6.07) is 15.5. The number of amides is 2. The highest BCUT2D eigenvalue weighted by Gasteiger charge is 2.44. The Labute approximate surface area is 219 Å². The van der Waals surface area contributed by atoms with Crippen LogP contribution in [0.25, 0.3) is 0 Å². The van der Waals surface area contributed by atoms with Gasteiger partial charge >= 0.3 is 0 Å². The predicted octanol–water partition coefficient (Wildman–Crippen LogP) is 5.68. The summed E-state index contributed by atoms with van der Waals surface area (Å²) in [6.45, 7) is 5.08. The lowest BCUT2D eigenvalue weighted by atomic mass is 10.1. The Balaban J connectivity index is 1.53. The average Bonchev–Trinajstić information content (AvgIpc) is 3.33. The van der Waals surface area contributed by atoms with Crippen molar-refractivity contribution in [2.45, 2.75) is 32.7 Å². The molecule has 182 valence electrons. The van der Waals surface area contributed by atoms with Gasteiger partial charge in [-0.1, -0.05) is 17.7 Å². The van der Waals surface area contributed by atoms with Crippen LogP contribution in [0.1, 0.15) is 23.8 Å². The zero-order valence-electron chi connectivity index (χ0n) is 19.5. The normalized spacial score (nSPS) is 15.6. The molecule has 1 N–H and O–H groups in total. The molecule has 1 saturated heterocycles. The Hall–Kier alpha value is -2.94. The highest BCUT2D eigenvalue weighted by molar-refractivity contribution is 7.80. The Morgan fingerprint density at radius 2 is 1.97 bits per heavy atom. The molecule has 0 saturated carbocycles. The van der Waals surface area contributed by atoms with Gasteiger partial charge in [-0.05, 0) is 92.0 Å². The third kappa shape index (κ3) is 5.83. The molecule has 0 radical (unpaired) electrons. The molecule has 1 aliphatic rings. The molecule has 1 fully saturated rings. The summed E-state index contributed by atoms with van der Waals surface area (Å²) >= 11 is 13.6. The van der Waals surface area contributed by atoms with Gasteiger partial charge in [0.1, 0.15) is 11.8 Å². The van der Waals surface area contributed by atoms with Gasteiger partial charge in [0.2, 0.25) is 5.91 Å².